The molecule has 4 N–H and O–H groups in total. The molecule has 2 aromatic carbocycles. The van der Waals surface area contributed by atoms with Gasteiger partial charge >= 0.3 is 0 Å². The average Bonchev–Trinajstić information content (AvgIpc) is 2.59. The molecule has 0 bridgehead atoms. The maximum atomic E-state index is 12.3. The number of nitrogens with two attached hydrogens (primary N) is 2. The highest BCUT2D eigenvalue weighted by atomic mass is 16.2. The maximum Gasteiger partial charge on any atom is 0.233 e. The highest BCUT2D eigenvalue weighted by Crippen LogP contribution is 2.36. The van der Waals surface area contributed by atoms with Gasteiger partial charge < -0.3 is 11.5 Å². The molecular weight excluding hydrogens is 308 g/mol. The monoisotopic (exact) mass is 324 g/mol. The summed E-state index contributed by atoms with van der Waals surface area (Å²) in [5, 5.41) is 0. The van der Waals surface area contributed by atoms with Crippen molar-refractivity contribution < 1.29 is 19.2 Å². The first kappa shape index (κ1) is 17.1. The van der Waals surface area contributed by atoms with Gasteiger partial charge in [-0.1, -0.05) is 48.5 Å². The van der Waals surface area contributed by atoms with Crippen LogP contribution in [0.25, 0.3) is 0 Å². The fourth-order valence-electron chi connectivity index (χ4n) is 2.70. The van der Waals surface area contributed by atoms with Gasteiger partial charge in [-0.05, 0) is 11.1 Å². The van der Waals surface area contributed by atoms with Crippen molar-refractivity contribution in [3.63, 3.8) is 0 Å². The molecule has 0 aliphatic rings. The molecule has 6 nitrogen and oxygen atoms in total. The van der Waals surface area contributed by atoms with E-state index in [9.17, 15) is 19.2 Å². The molecule has 122 valence electrons. The molecule has 0 saturated carbocycles. The first-order valence-corrected chi connectivity index (χ1v) is 7.13. The van der Waals surface area contributed by atoms with E-state index in [4.69, 9.17) is 11.5 Å². The SMILES string of the molecule is NC(=O)CC(C(N)=O)(c1ccc(C=O)cc1)c1ccc(C=O)cc1. The highest BCUT2D eigenvalue weighted by Gasteiger charge is 2.42. The number of rotatable bonds is 7. The molecule has 2 amide bonds. The molecule has 24 heavy (non-hydrogen) atoms. The highest BCUT2D eigenvalue weighted by molar-refractivity contribution is 5.96. The van der Waals surface area contributed by atoms with Crippen LogP contribution in [0, 0.1) is 0 Å². The number of amides is 2. The molecule has 0 fully saturated rings. The Morgan fingerprint density at radius 1 is 0.792 bits per heavy atom. The predicted molar refractivity (Wildman–Crippen MR) is 87.4 cm³/mol. The van der Waals surface area contributed by atoms with Crippen LogP contribution in [-0.2, 0) is 15.0 Å². The Hall–Kier alpha value is -3.28. The van der Waals surface area contributed by atoms with Gasteiger partial charge in [-0.15, -0.1) is 0 Å². The topological polar surface area (TPSA) is 120 Å². The van der Waals surface area contributed by atoms with Gasteiger partial charge in [-0.3, -0.25) is 19.2 Å². The van der Waals surface area contributed by atoms with Gasteiger partial charge in [0.2, 0.25) is 11.8 Å². The first-order chi connectivity index (χ1) is 11.4. The second-order valence-electron chi connectivity index (χ2n) is 5.39. The van der Waals surface area contributed by atoms with Crippen molar-refractivity contribution in [2.45, 2.75) is 11.8 Å². The molecule has 0 aliphatic carbocycles. The van der Waals surface area contributed by atoms with Gasteiger partial charge in [0.1, 0.15) is 18.0 Å². The van der Waals surface area contributed by atoms with E-state index in [0.29, 0.717) is 34.8 Å². The van der Waals surface area contributed by atoms with E-state index in [1.54, 1.807) is 24.3 Å². The zero-order valence-electron chi connectivity index (χ0n) is 12.8. The first-order valence-electron chi connectivity index (χ1n) is 7.13. The van der Waals surface area contributed by atoms with Crippen LogP contribution in [0.3, 0.4) is 0 Å². The lowest BCUT2D eigenvalue weighted by atomic mass is 9.71. The van der Waals surface area contributed by atoms with Crippen LogP contribution in [0.4, 0.5) is 0 Å². The van der Waals surface area contributed by atoms with E-state index in [0.717, 1.165) is 0 Å². The maximum absolute atomic E-state index is 12.3. The van der Waals surface area contributed by atoms with Crippen LogP contribution >= 0.6 is 0 Å². The molecule has 0 spiro atoms. The molecule has 6 heteroatoms. The molecule has 2 rings (SSSR count). The van der Waals surface area contributed by atoms with Crippen LogP contribution in [0.15, 0.2) is 48.5 Å². The lowest BCUT2D eigenvalue weighted by Crippen LogP contribution is -2.45. The van der Waals surface area contributed by atoms with Crippen LogP contribution in [0.1, 0.15) is 38.3 Å². The van der Waals surface area contributed by atoms with Crippen LogP contribution in [-0.4, -0.2) is 24.4 Å². The van der Waals surface area contributed by atoms with Crippen molar-refractivity contribution >= 4 is 24.4 Å². The summed E-state index contributed by atoms with van der Waals surface area (Å²) in [6, 6.07) is 12.4. The van der Waals surface area contributed by atoms with Gasteiger partial charge in [-0.25, -0.2) is 0 Å². The molecule has 0 saturated heterocycles. The van der Waals surface area contributed by atoms with Gasteiger partial charge in [0.05, 0.1) is 0 Å². The van der Waals surface area contributed by atoms with Crippen molar-refractivity contribution in [3.8, 4) is 0 Å². The third-order valence-electron chi connectivity index (χ3n) is 3.94. The summed E-state index contributed by atoms with van der Waals surface area (Å²) in [6.45, 7) is 0. The number of hydrogen-bond donors (Lipinski definition) is 2. The summed E-state index contributed by atoms with van der Waals surface area (Å²) in [7, 11) is 0. The third kappa shape index (κ3) is 3.08. The van der Waals surface area contributed by atoms with E-state index >= 15 is 0 Å². The molecule has 0 heterocycles. The summed E-state index contributed by atoms with van der Waals surface area (Å²) in [5.74, 6) is -1.45. The smallest absolute Gasteiger partial charge is 0.233 e. The molecule has 0 unspecified atom stereocenters. The number of aldehydes is 2. The number of carbonyl (C=O) groups is 4. The van der Waals surface area contributed by atoms with Crippen molar-refractivity contribution in [2.24, 2.45) is 11.5 Å². The van der Waals surface area contributed by atoms with Crippen molar-refractivity contribution in [2.75, 3.05) is 0 Å². The number of carbonyl (C=O) groups excluding carboxylic acids is 4. The van der Waals surface area contributed by atoms with E-state index < -0.39 is 17.2 Å². The summed E-state index contributed by atoms with van der Waals surface area (Å²) in [6.07, 6.45) is 1.01. The molecule has 0 aromatic heterocycles. The average molecular weight is 324 g/mol. The zero-order chi connectivity index (χ0) is 17.7. The normalized spacial score (nSPS) is 10.8. The predicted octanol–water partition coefficient (Wildman–Crippen LogP) is 0.958. The minimum absolute atomic E-state index is 0.330. The zero-order valence-corrected chi connectivity index (χ0v) is 12.8. The van der Waals surface area contributed by atoms with Crippen LogP contribution < -0.4 is 11.5 Å². The molecule has 0 radical (unpaired) electrons. The molecule has 0 aliphatic heterocycles. The Kier molecular flexibility index (Phi) is 4.89. The van der Waals surface area contributed by atoms with Crippen molar-refractivity contribution in [1.29, 1.82) is 0 Å². The van der Waals surface area contributed by atoms with Gasteiger partial charge in [0.25, 0.3) is 0 Å². The van der Waals surface area contributed by atoms with Crippen LogP contribution in [0.2, 0.25) is 0 Å². The second kappa shape index (κ2) is 6.87. The molecule has 2 aromatic rings. The molecule has 0 atom stereocenters. The number of benzene rings is 2. The Bertz CT molecular complexity index is 728. The minimum Gasteiger partial charge on any atom is -0.370 e. The summed E-state index contributed by atoms with van der Waals surface area (Å²) in [4.78, 5) is 45.6. The summed E-state index contributed by atoms with van der Waals surface area (Å²) >= 11 is 0. The minimum atomic E-state index is -1.48. The number of primary amides is 2. The van der Waals surface area contributed by atoms with E-state index in [1.807, 2.05) is 0 Å². The van der Waals surface area contributed by atoms with Gasteiger partial charge in [0, 0.05) is 17.5 Å². The fourth-order valence-corrected chi connectivity index (χ4v) is 2.70. The quantitative estimate of drug-likeness (QED) is 0.737. The number of hydrogen-bond acceptors (Lipinski definition) is 4. The van der Waals surface area contributed by atoms with Gasteiger partial charge in [-0.2, -0.15) is 0 Å². The lowest BCUT2D eigenvalue weighted by molar-refractivity contribution is -0.127. The summed E-state index contributed by atoms with van der Waals surface area (Å²) < 4.78 is 0. The van der Waals surface area contributed by atoms with Crippen molar-refractivity contribution in [3.05, 3.63) is 70.8 Å². The van der Waals surface area contributed by atoms with E-state index in [2.05, 4.69) is 0 Å². The Balaban J connectivity index is 2.69. The third-order valence-corrected chi connectivity index (χ3v) is 3.94. The van der Waals surface area contributed by atoms with E-state index in [-0.39, 0.29) is 6.42 Å². The second-order valence-corrected chi connectivity index (χ2v) is 5.39. The molecular formula is C18H16N2O4. The fraction of sp³-hybridized carbons (Fsp3) is 0.111. The Morgan fingerprint density at radius 3 is 1.42 bits per heavy atom. The lowest BCUT2D eigenvalue weighted by Gasteiger charge is -2.31. The van der Waals surface area contributed by atoms with Crippen molar-refractivity contribution in [1.82, 2.24) is 0 Å². The standard InChI is InChI=1S/C18H16N2O4/c19-16(23)9-18(17(20)24,14-5-1-12(10-21)2-6-14)15-7-3-13(11-22)4-8-15/h1-8,10-11H,9H2,(H2,19,23)(H2,20,24). The summed E-state index contributed by atoms with van der Waals surface area (Å²) in [5.41, 5.74) is 11.2. The van der Waals surface area contributed by atoms with Crippen LogP contribution in [0.5, 0.6) is 0 Å². The Morgan fingerprint density at radius 2 is 1.17 bits per heavy atom. The largest absolute Gasteiger partial charge is 0.370 e. The Labute approximate surface area is 138 Å². The van der Waals surface area contributed by atoms with Gasteiger partial charge in [0.15, 0.2) is 0 Å². The van der Waals surface area contributed by atoms with E-state index in [1.165, 1.54) is 24.3 Å².